The molecule has 4 heteroatoms. The number of carboxylic acids is 1. The van der Waals surface area contributed by atoms with Crippen molar-refractivity contribution in [1.29, 1.82) is 0 Å². The van der Waals surface area contributed by atoms with Crippen LogP contribution in [-0.2, 0) is 0 Å². The van der Waals surface area contributed by atoms with Gasteiger partial charge >= 0.3 is 5.97 Å². The molecule has 0 fully saturated rings. The molecule has 0 aliphatic rings. The number of rotatable bonds is 4. The van der Waals surface area contributed by atoms with E-state index in [-0.39, 0.29) is 0 Å². The largest absolute Gasteiger partial charge is 0.477 e. The molecule has 0 spiro atoms. The van der Waals surface area contributed by atoms with Gasteiger partial charge in [-0.2, -0.15) is 0 Å². The van der Waals surface area contributed by atoms with Crippen molar-refractivity contribution in [3.8, 4) is 0 Å². The third-order valence-electron chi connectivity index (χ3n) is 2.73. The lowest BCUT2D eigenvalue weighted by molar-refractivity contribution is 0.0702. The van der Waals surface area contributed by atoms with Crippen LogP contribution in [0.5, 0.6) is 0 Å². The van der Waals surface area contributed by atoms with Gasteiger partial charge in [-0.1, -0.05) is 17.7 Å². The van der Waals surface area contributed by atoms with Gasteiger partial charge < -0.3 is 10.0 Å². The molecule has 94 valence electrons. The number of carbonyl (C=O) groups is 1. The van der Waals surface area contributed by atoms with E-state index in [0.29, 0.717) is 4.88 Å². The van der Waals surface area contributed by atoms with Gasteiger partial charge in [0.25, 0.3) is 0 Å². The van der Waals surface area contributed by atoms with Crippen molar-refractivity contribution in [3.05, 3.63) is 46.8 Å². The van der Waals surface area contributed by atoms with E-state index in [2.05, 4.69) is 36.1 Å². The first-order valence-electron chi connectivity index (χ1n) is 5.79. The second-order valence-electron chi connectivity index (χ2n) is 4.02. The van der Waals surface area contributed by atoms with E-state index >= 15 is 0 Å². The normalized spacial score (nSPS) is 10.3. The maximum Gasteiger partial charge on any atom is 0.345 e. The van der Waals surface area contributed by atoms with Gasteiger partial charge in [-0.05, 0) is 38.1 Å². The zero-order valence-corrected chi connectivity index (χ0v) is 11.2. The van der Waals surface area contributed by atoms with Crippen molar-refractivity contribution in [2.75, 3.05) is 11.4 Å². The Balaban J connectivity index is 2.32. The Kier molecular flexibility index (Phi) is 3.67. The fourth-order valence-electron chi connectivity index (χ4n) is 1.78. The van der Waals surface area contributed by atoms with E-state index in [1.54, 1.807) is 6.07 Å². The third-order valence-corrected chi connectivity index (χ3v) is 3.83. The molecule has 0 amide bonds. The van der Waals surface area contributed by atoms with Gasteiger partial charge in [-0.15, -0.1) is 11.3 Å². The van der Waals surface area contributed by atoms with Crippen LogP contribution in [0, 0.1) is 6.92 Å². The van der Waals surface area contributed by atoms with E-state index in [4.69, 9.17) is 5.11 Å². The predicted molar refractivity (Wildman–Crippen MR) is 75.1 cm³/mol. The lowest BCUT2D eigenvalue weighted by Gasteiger charge is -2.21. The van der Waals surface area contributed by atoms with Crippen molar-refractivity contribution in [2.45, 2.75) is 13.8 Å². The SMILES string of the molecule is CCN(c1ccc(C)cc1)c1ccc(C(=O)O)s1. The molecule has 0 saturated heterocycles. The number of carboxylic acid groups (broad SMARTS) is 1. The van der Waals surface area contributed by atoms with Gasteiger partial charge in [0.05, 0.1) is 5.00 Å². The maximum atomic E-state index is 10.9. The standard InChI is InChI=1S/C14H15NO2S/c1-3-15(11-6-4-10(2)5-7-11)13-9-8-12(18-13)14(16)17/h4-9H,3H2,1-2H3,(H,16,17). The molecule has 0 atom stereocenters. The molecule has 0 unspecified atom stereocenters. The highest BCUT2D eigenvalue weighted by atomic mass is 32.1. The summed E-state index contributed by atoms with van der Waals surface area (Å²) in [5.41, 5.74) is 2.30. The van der Waals surface area contributed by atoms with E-state index < -0.39 is 5.97 Å². The highest BCUT2D eigenvalue weighted by Crippen LogP contribution is 2.31. The second kappa shape index (κ2) is 5.23. The number of aryl methyl sites for hydroxylation is 1. The first kappa shape index (κ1) is 12.6. The molecule has 3 nitrogen and oxygen atoms in total. The van der Waals surface area contributed by atoms with E-state index in [9.17, 15) is 4.79 Å². The van der Waals surface area contributed by atoms with Gasteiger partial charge in [0, 0.05) is 12.2 Å². The molecular formula is C14H15NO2S. The minimum atomic E-state index is -0.869. The first-order valence-corrected chi connectivity index (χ1v) is 6.61. The molecule has 0 aliphatic heterocycles. The topological polar surface area (TPSA) is 40.5 Å². The van der Waals surface area contributed by atoms with E-state index in [0.717, 1.165) is 17.2 Å². The summed E-state index contributed by atoms with van der Waals surface area (Å²) in [6.45, 7) is 4.91. The van der Waals surface area contributed by atoms with Crippen molar-refractivity contribution in [3.63, 3.8) is 0 Å². The molecule has 1 heterocycles. The van der Waals surface area contributed by atoms with Crippen molar-refractivity contribution in [2.24, 2.45) is 0 Å². The highest BCUT2D eigenvalue weighted by molar-refractivity contribution is 7.17. The summed E-state index contributed by atoms with van der Waals surface area (Å²) in [4.78, 5) is 13.4. The van der Waals surface area contributed by atoms with Crippen LogP contribution in [0.3, 0.4) is 0 Å². The molecule has 18 heavy (non-hydrogen) atoms. The minimum absolute atomic E-state index is 0.371. The van der Waals surface area contributed by atoms with Crippen molar-refractivity contribution in [1.82, 2.24) is 0 Å². The van der Waals surface area contributed by atoms with E-state index in [1.165, 1.54) is 16.9 Å². The Morgan fingerprint density at radius 1 is 1.22 bits per heavy atom. The van der Waals surface area contributed by atoms with Crippen LogP contribution in [0.1, 0.15) is 22.2 Å². The zero-order chi connectivity index (χ0) is 13.1. The third kappa shape index (κ3) is 2.54. The maximum absolute atomic E-state index is 10.9. The molecule has 2 rings (SSSR count). The molecule has 1 aromatic carbocycles. The number of nitrogens with zero attached hydrogens (tertiary/aromatic N) is 1. The Morgan fingerprint density at radius 3 is 2.39 bits per heavy atom. The van der Waals surface area contributed by atoms with Crippen LogP contribution in [-0.4, -0.2) is 17.6 Å². The van der Waals surface area contributed by atoms with Gasteiger partial charge in [-0.3, -0.25) is 0 Å². The van der Waals surface area contributed by atoms with Crippen molar-refractivity contribution < 1.29 is 9.90 Å². The van der Waals surface area contributed by atoms with Crippen LogP contribution in [0.2, 0.25) is 0 Å². The van der Waals surface area contributed by atoms with Crippen LogP contribution >= 0.6 is 11.3 Å². The number of aromatic carboxylic acids is 1. The molecule has 1 N–H and O–H groups in total. The number of hydrogen-bond donors (Lipinski definition) is 1. The Bertz CT molecular complexity index is 545. The summed E-state index contributed by atoms with van der Waals surface area (Å²) in [6.07, 6.45) is 0. The van der Waals surface area contributed by atoms with Gasteiger partial charge in [0.2, 0.25) is 0 Å². The lowest BCUT2D eigenvalue weighted by Crippen LogP contribution is -2.14. The average molecular weight is 261 g/mol. The van der Waals surface area contributed by atoms with Crippen molar-refractivity contribution >= 4 is 28.0 Å². The fourth-order valence-corrected chi connectivity index (χ4v) is 2.71. The van der Waals surface area contributed by atoms with Crippen LogP contribution in [0.4, 0.5) is 10.7 Å². The van der Waals surface area contributed by atoms with Gasteiger partial charge in [-0.25, -0.2) is 4.79 Å². The molecule has 0 bridgehead atoms. The zero-order valence-electron chi connectivity index (χ0n) is 10.4. The Labute approximate surface area is 110 Å². The average Bonchev–Trinajstić information content (AvgIpc) is 2.82. The Hall–Kier alpha value is -1.81. The molecule has 0 saturated carbocycles. The number of thiophene rings is 1. The Morgan fingerprint density at radius 2 is 1.89 bits per heavy atom. The monoisotopic (exact) mass is 261 g/mol. The summed E-state index contributed by atoms with van der Waals surface area (Å²) in [5.74, 6) is -0.869. The van der Waals surface area contributed by atoms with Gasteiger partial charge in [0.1, 0.15) is 4.88 Å². The second-order valence-corrected chi connectivity index (χ2v) is 5.09. The molecule has 1 aromatic heterocycles. The minimum Gasteiger partial charge on any atom is -0.477 e. The molecular weight excluding hydrogens is 246 g/mol. The summed E-state index contributed by atoms with van der Waals surface area (Å²) < 4.78 is 0. The number of hydrogen-bond acceptors (Lipinski definition) is 3. The predicted octanol–water partition coefficient (Wildman–Crippen LogP) is 3.91. The summed E-state index contributed by atoms with van der Waals surface area (Å²) in [7, 11) is 0. The summed E-state index contributed by atoms with van der Waals surface area (Å²) in [5, 5.41) is 9.91. The smallest absolute Gasteiger partial charge is 0.345 e. The quantitative estimate of drug-likeness (QED) is 0.907. The summed E-state index contributed by atoms with van der Waals surface area (Å²) >= 11 is 1.30. The molecule has 0 radical (unpaired) electrons. The number of anilines is 2. The fraction of sp³-hybridized carbons (Fsp3) is 0.214. The molecule has 2 aromatic rings. The van der Waals surface area contributed by atoms with Crippen LogP contribution in [0.15, 0.2) is 36.4 Å². The van der Waals surface area contributed by atoms with Crippen LogP contribution < -0.4 is 4.90 Å². The van der Waals surface area contributed by atoms with E-state index in [1.807, 2.05) is 13.0 Å². The first-order chi connectivity index (χ1) is 8.61. The highest BCUT2D eigenvalue weighted by Gasteiger charge is 2.12. The number of benzene rings is 1. The molecule has 0 aliphatic carbocycles. The summed E-state index contributed by atoms with van der Waals surface area (Å²) in [6, 6.07) is 11.7. The lowest BCUT2D eigenvalue weighted by atomic mass is 10.2. The van der Waals surface area contributed by atoms with Gasteiger partial charge in [0.15, 0.2) is 0 Å². The van der Waals surface area contributed by atoms with Crippen LogP contribution in [0.25, 0.3) is 0 Å².